The number of nitrogens with one attached hydrogen (secondary N) is 1. The van der Waals surface area contributed by atoms with Crippen LogP contribution < -0.4 is 15.7 Å². The number of ketones is 1. The molecule has 3 aromatic rings. The lowest BCUT2D eigenvalue weighted by atomic mass is 10.1. The molecule has 0 aliphatic carbocycles. The van der Waals surface area contributed by atoms with Crippen molar-refractivity contribution in [1.82, 2.24) is 0 Å². The van der Waals surface area contributed by atoms with Crippen LogP contribution in [0.25, 0.3) is 11.0 Å². The molecule has 1 N–H and O–H groups in total. The highest BCUT2D eigenvalue weighted by atomic mass is 16.5. The van der Waals surface area contributed by atoms with E-state index < -0.39 is 5.63 Å². The first-order valence-electron chi connectivity index (χ1n) is 9.00. The number of anilines is 1. The molecule has 0 saturated carbocycles. The van der Waals surface area contributed by atoms with E-state index in [0.29, 0.717) is 29.0 Å². The number of rotatable bonds is 7. The number of carbonyl (C=O) groups is 2. The standard InChI is InChI=1S/C22H21NO5/c1-14(2)11-21(25)23-17-7-3-15(4-8-17)19(24)13-27-18-9-5-16-6-10-22(26)28-20(16)12-18/h3-10,12,14H,11,13H2,1-2H3,(H,23,25). The van der Waals surface area contributed by atoms with Crippen molar-refractivity contribution >= 4 is 28.3 Å². The van der Waals surface area contributed by atoms with Gasteiger partial charge >= 0.3 is 5.63 Å². The monoisotopic (exact) mass is 379 g/mol. The summed E-state index contributed by atoms with van der Waals surface area (Å²) in [6.45, 7) is 3.80. The van der Waals surface area contributed by atoms with Crippen LogP contribution in [-0.2, 0) is 4.79 Å². The summed E-state index contributed by atoms with van der Waals surface area (Å²) in [4.78, 5) is 35.4. The van der Waals surface area contributed by atoms with Gasteiger partial charge in [0.1, 0.15) is 11.3 Å². The summed E-state index contributed by atoms with van der Waals surface area (Å²) < 4.78 is 10.6. The molecular formula is C22H21NO5. The van der Waals surface area contributed by atoms with Gasteiger partial charge in [-0.2, -0.15) is 0 Å². The van der Waals surface area contributed by atoms with Gasteiger partial charge in [-0.1, -0.05) is 13.8 Å². The van der Waals surface area contributed by atoms with Crippen LogP contribution in [0.4, 0.5) is 5.69 Å². The fourth-order valence-electron chi connectivity index (χ4n) is 2.69. The predicted molar refractivity (Wildman–Crippen MR) is 107 cm³/mol. The first-order valence-corrected chi connectivity index (χ1v) is 9.00. The molecule has 0 radical (unpaired) electrons. The Kier molecular flexibility index (Phi) is 5.89. The Morgan fingerprint density at radius 2 is 1.75 bits per heavy atom. The lowest BCUT2D eigenvalue weighted by Crippen LogP contribution is -2.14. The highest BCUT2D eigenvalue weighted by Crippen LogP contribution is 2.20. The van der Waals surface area contributed by atoms with Crippen LogP contribution >= 0.6 is 0 Å². The van der Waals surface area contributed by atoms with E-state index in [-0.39, 0.29) is 24.2 Å². The van der Waals surface area contributed by atoms with Crippen molar-refractivity contribution in [2.75, 3.05) is 11.9 Å². The van der Waals surface area contributed by atoms with E-state index in [1.165, 1.54) is 6.07 Å². The zero-order valence-corrected chi connectivity index (χ0v) is 15.7. The number of Topliss-reactive ketones (excluding diaryl/α,β-unsaturated/α-hetero) is 1. The molecule has 0 fully saturated rings. The van der Waals surface area contributed by atoms with Gasteiger partial charge in [-0.05, 0) is 48.4 Å². The molecule has 0 aliphatic heterocycles. The summed E-state index contributed by atoms with van der Waals surface area (Å²) in [6, 6.07) is 14.7. The number of benzene rings is 2. The van der Waals surface area contributed by atoms with Crippen LogP contribution in [0.1, 0.15) is 30.6 Å². The van der Waals surface area contributed by atoms with Gasteiger partial charge in [-0.3, -0.25) is 9.59 Å². The lowest BCUT2D eigenvalue weighted by Gasteiger charge is -2.09. The van der Waals surface area contributed by atoms with Crippen molar-refractivity contribution in [3.05, 3.63) is 70.6 Å². The maximum absolute atomic E-state index is 12.3. The second-order valence-corrected chi connectivity index (χ2v) is 6.89. The first kappa shape index (κ1) is 19.4. The number of hydrogen-bond acceptors (Lipinski definition) is 5. The molecule has 0 unspecified atom stereocenters. The van der Waals surface area contributed by atoms with Crippen molar-refractivity contribution in [2.24, 2.45) is 5.92 Å². The lowest BCUT2D eigenvalue weighted by molar-refractivity contribution is -0.116. The topological polar surface area (TPSA) is 85.6 Å². The maximum atomic E-state index is 12.3. The second-order valence-electron chi connectivity index (χ2n) is 6.89. The largest absolute Gasteiger partial charge is 0.485 e. The number of ether oxygens (including phenoxy) is 1. The van der Waals surface area contributed by atoms with E-state index in [1.54, 1.807) is 48.5 Å². The highest BCUT2D eigenvalue weighted by Gasteiger charge is 2.09. The smallest absolute Gasteiger partial charge is 0.336 e. The minimum absolute atomic E-state index is 0.0552. The molecule has 0 atom stereocenters. The predicted octanol–water partition coefficient (Wildman–Crippen LogP) is 4.04. The summed E-state index contributed by atoms with van der Waals surface area (Å²) in [5.41, 5.74) is 1.09. The van der Waals surface area contributed by atoms with E-state index in [4.69, 9.17) is 9.15 Å². The Labute approximate surface area is 162 Å². The Balaban J connectivity index is 1.60. The maximum Gasteiger partial charge on any atom is 0.336 e. The molecule has 6 heteroatoms. The van der Waals surface area contributed by atoms with Crippen LogP contribution in [0.2, 0.25) is 0 Å². The third-order valence-electron chi connectivity index (χ3n) is 4.05. The SMILES string of the molecule is CC(C)CC(=O)Nc1ccc(C(=O)COc2ccc3ccc(=O)oc3c2)cc1. The third kappa shape index (κ3) is 5.07. The molecule has 6 nitrogen and oxygen atoms in total. The Bertz CT molecular complexity index is 1050. The molecule has 0 saturated heterocycles. The van der Waals surface area contributed by atoms with Crippen molar-refractivity contribution in [3.8, 4) is 5.75 Å². The summed E-state index contributed by atoms with van der Waals surface area (Å²) in [5.74, 6) is 0.462. The summed E-state index contributed by atoms with van der Waals surface area (Å²) in [7, 11) is 0. The number of carbonyl (C=O) groups excluding carboxylic acids is 2. The Morgan fingerprint density at radius 1 is 1.04 bits per heavy atom. The molecule has 0 spiro atoms. The van der Waals surface area contributed by atoms with Gasteiger partial charge in [-0.25, -0.2) is 4.79 Å². The minimum Gasteiger partial charge on any atom is -0.485 e. The van der Waals surface area contributed by atoms with Gasteiger partial charge in [0.2, 0.25) is 5.91 Å². The van der Waals surface area contributed by atoms with E-state index in [9.17, 15) is 14.4 Å². The number of amides is 1. The molecular weight excluding hydrogens is 358 g/mol. The molecule has 0 aliphatic rings. The van der Waals surface area contributed by atoms with Gasteiger partial charge in [0.05, 0.1) is 0 Å². The van der Waals surface area contributed by atoms with Gasteiger partial charge in [0.25, 0.3) is 0 Å². The molecule has 1 amide bonds. The zero-order valence-electron chi connectivity index (χ0n) is 15.7. The summed E-state index contributed by atoms with van der Waals surface area (Å²) in [5, 5.41) is 3.57. The van der Waals surface area contributed by atoms with Gasteiger partial charge in [-0.15, -0.1) is 0 Å². The van der Waals surface area contributed by atoms with Gasteiger partial charge in [0.15, 0.2) is 12.4 Å². The van der Waals surface area contributed by atoms with E-state index in [0.717, 1.165) is 5.39 Å². The molecule has 0 bridgehead atoms. The second kappa shape index (κ2) is 8.52. The fourth-order valence-corrected chi connectivity index (χ4v) is 2.69. The van der Waals surface area contributed by atoms with Crippen LogP contribution in [-0.4, -0.2) is 18.3 Å². The van der Waals surface area contributed by atoms with Crippen LogP contribution in [0.5, 0.6) is 5.75 Å². The Morgan fingerprint density at radius 3 is 2.46 bits per heavy atom. The van der Waals surface area contributed by atoms with Crippen LogP contribution in [0.15, 0.2) is 63.8 Å². The average molecular weight is 379 g/mol. The van der Waals surface area contributed by atoms with Crippen LogP contribution in [0.3, 0.4) is 0 Å². The van der Waals surface area contributed by atoms with Gasteiger partial charge in [0, 0.05) is 35.2 Å². The molecule has 2 aromatic carbocycles. The Hall–Kier alpha value is -3.41. The normalized spacial score (nSPS) is 10.8. The van der Waals surface area contributed by atoms with Gasteiger partial charge < -0.3 is 14.5 Å². The minimum atomic E-state index is -0.443. The molecule has 3 rings (SSSR count). The molecule has 28 heavy (non-hydrogen) atoms. The number of fused-ring (bicyclic) bond motifs is 1. The van der Waals surface area contributed by atoms with Crippen molar-refractivity contribution in [3.63, 3.8) is 0 Å². The average Bonchev–Trinajstić information content (AvgIpc) is 2.65. The first-order chi connectivity index (χ1) is 13.4. The summed E-state index contributed by atoms with van der Waals surface area (Å²) in [6.07, 6.45) is 0.445. The number of hydrogen-bond donors (Lipinski definition) is 1. The molecule has 1 heterocycles. The zero-order chi connectivity index (χ0) is 20.1. The van der Waals surface area contributed by atoms with E-state index >= 15 is 0 Å². The fraction of sp³-hybridized carbons (Fsp3) is 0.227. The molecule has 144 valence electrons. The van der Waals surface area contributed by atoms with Crippen molar-refractivity contribution < 1.29 is 18.7 Å². The third-order valence-corrected chi connectivity index (χ3v) is 4.05. The van der Waals surface area contributed by atoms with Crippen molar-refractivity contribution in [2.45, 2.75) is 20.3 Å². The van der Waals surface area contributed by atoms with Crippen LogP contribution in [0, 0.1) is 5.92 Å². The summed E-state index contributed by atoms with van der Waals surface area (Å²) >= 11 is 0. The van der Waals surface area contributed by atoms with E-state index in [2.05, 4.69) is 5.32 Å². The quantitative estimate of drug-likeness (QED) is 0.495. The molecule has 1 aromatic heterocycles. The van der Waals surface area contributed by atoms with E-state index in [1.807, 2.05) is 13.8 Å². The highest BCUT2D eigenvalue weighted by molar-refractivity contribution is 5.98. The van der Waals surface area contributed by atoms with Crippen molar-refractivity contribution in [1.29, 1.82) is 0 Å².